The number of esters is 1. The number of aliphatic hydroxyl groups is 2. The number of anilines is 1. The number of Topliss-reactive ketones (excluding diaryl/α,β-unsaturated/α-hetero) is 1. The van der Waals surface area contributed by atoms with Crippen LogP contribution in [0.5, 0.6) is 5.75 Å². The van der Waals surface area contributed by atoms with E-state index in [1.165, 1.54) is 13.2 Å². The van der Waals surface area contributed by atoms with Gasteiger partial charge in [0.15, 0.2) is 5.78 Å². The molecule has 0 bridgehead atoms. The van der Waals surface area contributed by atoms with Crippen molar-refractivity contribution in [1.29, 1.82) is 0 Å². The van der Waals surface area contributed by atoms with E-state index < -0.39 is 60.8 Å². The highest BCUT2D eigenvalue weighted by molar-refractivity contribution is 6.07. The Kier molecular flexibility index (Phi) is 7.73. The number of ether oxygens (including phenoxy) is 2. The third-order valence-corrected chi connectivity index (χ3v) is 3.40. The topological polar surface area (TPSA) is 113 Å². The number of ketones is 1. The molecule has 1 rings (SSSR count). The van der Waals surface area contributed by atoms with Crippen molar-refractivity contribution in [2.75, 3.05) is 32.3 Å². The predicted molar refractivity (Wildman–Crippen MR) is 85.5 cm³/mol. The van der Waals surface area contributed by atoms with Crippen LogP contribution in [0, 0.1) is 0 Å². The van der Waals surface area contributed by atoms with E-state index in [4.69, 9.17) is 9.84 Å². The molecule has 0 radical (unpaired) electrons. The normalized spacial score (nSPS) is 12.3. The van der Waals surface area contributed by atoms with Crippen LogP contribution in [0.25, 0.3) is 0 Å². The highest BCUT2D eigenvalue weighted by Gasteiger charge is 2.44. The van der Waals surface area contributed by atoms with Gasteiger partial charge < -0.3 is 19.7 Å². The van der Waals surface area contributed by atoms with Crippen molar-refractivity contribution in [1.82, 2.24) is 0 Å². The molecule has 1 atom stereocenters. The average Bonchev–Trinajstić information content (AvgIpc) is 2.63. The SMILES string of the molecule is COC(=O)c1cc(OC)ccc1N(CC(=O)CC(O)CO)C(=O)C(F)(F)F. The van der Waals surface area contributed by atoms with Crippen LogP contribution in [-0.2, 0) is 14.3 Å². The number of rotatable bonds is 8. The molecule has 27 heavy (non-hydrogen) atoms. The Morgan fingerprint density at radius 1 is 1.22 bits per heavy atom. The molecule has 150 valence electrons. The Balaban J connectivity index is 3.40. The highest BCUT2D eigenvalue weighted by atomic mass is 19.4. The van der Waals surface area contributed by atoms with Crippen molar-refractivity contribution in [3.8, 4) is 5.75 Å². The van der Waals surface area contributed by atoms with Crippen LogP contribution in [0.4, 0.5) is 18.9 Å². The largest absolute Gasteiger partial charge is 0.497 e. The number of methoxy groups -OCH3 is 2. The smallest absolute Gasteiger partial charge is 0.471 e. The number of alkyl halides is 3. The maximum Gasteiger partial charge on any atom is 0.471 e. The second kappa shape index (κ2) is 9.33. The van der Waals surface area contributed by atoms with Crippen molar-refractivity contribution >= 4 is 23.3 Å². The first-order valence-electron chi connectivity index (χ1n) is 7.50. The Bertz CT molecular complexity index is 706. The van der Waals surface area contributed by atoms with Crippen molar-refractivity contribution in [2.24, 2.45) is 0 Å². The fourth-order valence-corrected chi connectivity index (χ4v) is 2.14. The molecule has 0 spiro atoms. The zero-order valence-electron chi connectivity index (χ0n) is 14.4. The Morgan fingerprint density at radius 3 is 2.33 bits per heavy atom. The van der Waals surface area contributed by atoms with Crippen LogP contribution >= 0.6 is 0 Å². The minimum absolute atomic E-state index is 0.0676. The van der Waals surface area contributed by atoms with Crippen molar-refractivity contribution < 1.29 is 47.2 Å². The van der Waals surface area contributed by atoms with Gasteiger partial charge in [0.2, 0.25) is 0 Å². The van der Waals surface area contributed by atoms with Gasteiger partial charge in [-0.25, -0.2) is 4.79 Å². The molecule has 0 heterocycles. The molecule has 0 aliphatic rings. The molecule has 1 amide bonds. The Hall–Kier alpha value is -2.66. The molecule has 1 unspecified atom stereocenters. The molecule has 0 aliphatic carbocycles. The Labute approximate surface area is 152 Å². The van der Waals surface area contributed by atoms with Gasteiger partial charge in [0.05, 0.1) is 44.7 Å². The lowest BCUT2D eigenvalue weighted by molar-refractivity contribution is -0.170. The third kappa shape index (κ3) is 5.93. The number of amides is 1. The molecule has 0 aliphatic heterocycles. The second-order valence-corrected chi connectivity index (χ2v) is 5.34. The van der Waals surface area contributed by atoms with Gasteiger partial charge in [0.25, 0.3) is 0 Å². The lowest BCUT2D eigenvalue weighted by atomic mass is 10.1. The summed E-state index contributed by atoms with van der Waals surface area (Å²) < 4.78 is 48.4. The first-order valence-corrected chi connectivity index (χ1v) is 7.50. The van der Waals surface area contributed by atoms with Crippen molar-refractivity contribution in [3.63, 3.8) is 0 Å². The van der Waals surface area contributed by atoms with Gasteiger partial charge in [0, 0.05) is 6.42 Å². The van der Waals surface area contributed by atoms with Gasteiger partial charge >= 0.3 is 18.1 Å². The number of halogens is 3. The number of benzene rings is 1. The zero-order valence-corrected chi connectivity index (χ0v) is 14.4. The summed E-state index contributed by atoms with van der Waals surface area (Å²) in [7, 11) is 2.25. The average molecular weight is 393 g/mol. The van der Waals surface area contributed by atoms with E-state index in [-0.39, 0.29) is 10.6 Å². The van der Waals surface area contributed by atoms with Crippen molar-refractivity contribution in [3.05, 3.63) is 23.8 Å². The summed E-state index contributed by atoms with van der Waals surface area (Å²) >= 11 is 0. The number of hydrogen-bond donors (Lipinski definition) is 2. The van der Waals surface area contributed by atoms with E-state index in [9.17, 15) is 32.7 Å². The summed E-state index contributed by atoms with van der Waals surface area (Å²) in [6.45, 7) is -1.86. The van der Waals surface area contributed by atoms with Crippen LogP contribution in [0.3, 0.4) is 0 Å². The lowest BCUT2D eigenvalue weighted by Crippen LogP contribution is -2.45. The number of nitrogens with zero attached hydrogens (tertiary/aromatic N) is 1. The van der Waals surface area contributed by atoms with Crippen LogP contribution < -0.4 is 9.64 Å². The molecule has 8 nitrogen and oxygen atoms in total. The van der Waals surface area contributed by atoms with Gasteiger partial charge in [0.1, 0.15) is 5.75 Å². The number of carbonyl (C=O) groups excluding carboxylic acids is 3. The fourth-order valence-electron chi connectivity index (χ4n) is 2.14. The summed E-state index contributed by atoms with van der Waals surface area (Å²) in [6, 6.07) is 3.26. The number of carbonyl (C=O) groups is 3. The van der Waals surface area contributed by atoms with Gasteiger partial charge in [-0.2, -0.15) is 13.2 Å². The molecule has 0 saturated carbocycles. The maximum absolute atomic E-state index is 13.0. The molecular formula is C16H18F3NO7. The Morgan fingerprint density at radius 2 is 1.85 bits per heavy atom. The van der Waals surface area contributed by atoms with E-state index in [0.29, 0.717) is 0 Å². The van der Waals surface area contributed by atoms with Gasteiger partial charge in [-0.15, -0.1) is 0 Å². The zero-order chi connectivity index (χ0) is 20.8. The van der Waals surface area contributed by atoms with Gasteiger partial charge in [-0.3, -0.25) is 14.5 Å². The lowest BCUT2D eigenvalue weighted by Gasteiger charge is -2.25. The molecule has 0 fully saturated rings. The summed E-state index contributed by atoms with van der Waals surface area (Å²) in [5.41, 5.74) is -0.943. The van der Waals surface area contributed by atoms with E-state index in [1.807, 2.05) is 0 Å². The third-order valence-electron chi connectivity index (χ3n) is 3.40. The monoisotopic (exact) mass is 393 g/mol. The molecule has 1 aromatic carbocycles. The van der Waals surface area contributed by atoms with E-state index in [1.54, 1.807) is 0 Å². The van der Waals surface area contributed by atoms with Crippen LogP contribution in [0.15, 0.2) is 18.2 Å². The summed E-state index contributed by atoms with van der Waals surface area (Å²) in [4.78, 5) is 35.8. The van der Waals surface area contributed by atoms with E-state index in [0.717, 1.165) is 19.2 Å². The standard InChI is InChI=1S/C16H18F3NO7/c1-26-11-3-4-13(12(6-11)14(24)27-2)20(15(25)16(17,18)19)7-9(22)5-10(23)8-21/h3-4,6,10,21,23H,5,7-8H2,1-2H3. The molecular weight excluding hydrogens is 375 g/mol. The first kappa shape index (κ1) is 22.4. The predicted octanol–water partition coefficient (Wildman–Crippen LogP) is 0.690. The van der Waals surface area contributed by atoms with E-state index >= 15 is 0 Å². The molecule has 1 aromatic rings. The minimum Gasteiger partial charge on any atom is -0.497 e. The summed E-state index contributed by atoms with van der Waals surface area (Å²) in [5.74, 6) is -4.28. The van der Waals surface area contributed by atoms with Crippen LogP contribution in [0.1, 0.15) is 16.8 Å². The fraction of sp³-hybridized carbons (Fsp3) is 0.438. The summed E-state index contributed by atoms with van der Waals surface area (Å²) in [5, 5.41) is 18.0. The van der Waals surface area contributed by atoms with Gasteiger partial charge in [-0.05, 0) is 18.2 Å². The first-order chi connectivity index (χ1) is 12.5. The molecule has 0 saturated heterocycles. The number of aliphatic hydroxyl groups excluding tert-OH is 2. The number of hydrogen-bond acceptors (Lipinski definition) is 7. The highest BCUT2D eigenvalue weighted by Crippen LogP contribution is 2.30. The molecule has 11 heteroatoms. The van der Waals surface area contributed by atoms with Gasteiger partial charge in [-0.1, -0.05) is 0 Å². The van der Waals surface area contributed by atoms with Crippen LogP contribution in [-0.4, -0.2) is 67.5 Å². The quantitative estimate of drug-likeness (QED) is 0.625. The second-order valence-electron chi connectivity index (χ2n) is 5.34. The van der Waals surface area contributed by atoms with E-state index in [2.05, 4.69) is 4.74 Å². The van der Waals surface area contributed by atoms with Crippen LogP contribution in [0.2, 0.25) is 0 Å². The summed E-state index contributed by atoms with van der Waals surface area (Å²) in [6.07, 6.45) is -7.50. The minimum atomic E-state index is -5.33. The maximum atomic E-state index is 13.0. The molecule has 2 N–H and O–H groups in total. The van der Waals surface area contributed by atoms with Crippen molar-refractivity contribution in [2.45, 2.75) is 18.7 Å². The molecule has 0 aromatic heterocycles.